The van der Waals surface area contributed by atoms with Gasteiger partial charge in [0.25, 0.3) is 0 Å². The zero-order chi connectivity index (χ0) is 16.4. The van der Waals surface area contributed by atoms with Gasteiger partial charge in [-0.15, -0.1) is 10.2 Å². The molecule has 4 nitrogen and oxygen atoms in total. The lowest BCUT2D eigenvalue weighted by Crippen LogP contribution is -2.27. The second kappa shape index (κ2) is 6.97. The second-order valence-electron chi connectivity index (χ2n) is 5.87. The highest BCUT2D eigenvalue weighted by Crippen LogP contribution is 2.29. The van der Waals surface area contributed by atoms with Crippen molar-refractivity contribution >= 4 is 11.8 Å². The van der Waals surface area contributed by atoms with Gasteiger partial charge in [0.15, 0.2) is 5.16 Å². The molecular formula is C16H20F2N4S. The molecule has 0 unspecified atom stereocenters. The molecule has 0 spiro atoms. The third kappa shape index (κ3) is 3.40. The number of hydrogen-bond acceptors (Lipinski definition) is 4. The monoisotopic (exact) mass is 338 g/mol. The van der Waals surface area contributed by atoms with E-state index in [0.29, 0.717) is 16.6 Å². The summed E-state index contributed by atoms with van der Waals surface area (Å²) in [6, 6.07) is 2.77. The molecule has 1 aliphatic rings. The lowest BCUT2D eigenvalue weighted by molar-refractivity contribution is 0.434. The number of nitrogens with one attached hydrogen (secondary N) is 1. The molecule has 1 N–H and O–H groups in total. The van der Waals surface area contributed by atoms with Gasteiger partial charge in [-0.25, -0.2) is 8.78 Å². The highest BCUT2D eigenvalue weighted by Gasteiger charge is 2.22. The normalized spacial score (nSPS) is 16.0. The zero-order valence-electron chi connectivity index (χ0n) is 13.3. The van der Waals surface area contributed by atoms with E-state index < -0.39 is 11.6 Å². The van der Waals surface area contributed by atoms with Crippen molar-refractivity contribution in [2.75, 3.05) is 13.1 Å². The Balaban J connectivity index is 1.74. The number of aromatic nitrogens is 3. The summed E-state index contributed by atoms with van der Waals surface area (Å²) in [5.74, 6) is 0.576. The second-order valence-corrected chi connectivity index (χ2v) is 6.81. The minimum atomic E-state index is -0.513. The summed E-state index contributed by atoms with van der Waals surface area (Å²) in [5, 5.41) is 12.5. The highest BCUT2D eigenvalue weighted by molar-refractivity contribution is 7.98. The van der Waals surface area contributed by atoms with Crippen LogP contribution in [0.15, 0.2) is 17.3 Å². The van der Waals surface area contributed by atoms with Crippen LogP contribution in [0.1, 0.15) is 35.7 Å². The van der Waals surface area contributed by atoms with E-state index in [1.54, 1.807) is 6.92 Å². The molecule has 2 heterocycles. The van der Waals surface area contributed by atoms with Gasteiger partial charge >= 0.3 is 0 Å². The molecule has 0 aliphatic carbocycles. The molecule has 1 aromatic heterocycles. The van der Waals surface area contributed by atoms with E-state index in [-0.39, 0.29) is 11.3 Å². The van der Waals surface area contributed by atoms with Gasteiger partial charge in [0.1, 0.15) is 17.5 Å². The van der Waals surface area contributed by atoms with Gasteiger partial charge in [-0.05, 0) is 44.5 Å². The maximum absolute atomic E-state index is 14.1. The molecule has 0 saturated carbocycles. The van der Waals surface area contributed by atoms with Crippen LogP contribution in [0.5, 0.6) is 0 Å². The Morgan fingerprint density at radius 3 is 2.74 bits per heavy atom. The smallest absolute Gasteiger partial charge is 0.191 e. The Kier molecular flexibility index (Phi) is 4.96. The summed E-state index contributed by atoms with van der Waals surface area (Å²) >= 11 is 1.32. The van der Waals surface area contributed by atoms with Gasteiger partial charge in [-0.3, -0.25) is 0 Å². The minimum Gasteiger partial charge on any atom is -0.317 e. The average molecular weight is 338 g/mol. The van der Waals surface area contributed by atoms with Crippen LogP contribution in [0.25, 0.3) is 0 Å². The summed E-state index contributed by atoms with van der Waals surface area (Å²) in [6.07, 6.45) is 2.08. The van der Waals surface area contributed by atoms with Crippen molar-refractivity contribution in [3.63, 3.8) is 0 Å². The number of thioether (sulfide) groups is 1. The van der Waals surface area contributed by atoms with Crippen LogP contribution >= 0.6 is 11.8 Å². The summed E-state index contributed by atoms with van der Waals surface area (Å²) in [7, 11) is 1.92. The van der Waals surface area contributed by atoms with Gasteiger partial charge in [0.05, 0.1) is 0 Å². The van der Waals surface area contributed by atoms with Crippen LogP contribution in [0.4, 0.5) is 8.78 Å². The first-order valence-corrected chi connectivity index (χ1v) is 8.72. The lowest BCUT2D eigenvalue weighted by atomic mass is 9.97. The first kappa shape index (κ1) is 16.4. The average Bonchev–Trinajstić information content (AvgIpc) is 2.93. The Labute approximate surface area is 138 Å². The number of rotatable bonds is 4. The zero-order valence-corrected chi connectivity index (χ0v) is 14.1. The molecule has 23 heavy (non-hydrogen) atoms. The Morgan fingerprint density at radius 2 is 2.00 bits per heavy atom. The van der Waals surface area contributed by atoms with Gasteiger partial charge < -0.3 is 9.88 Å². The SMILES string of the molecule is Cc1ccc(F)c(CSc2nnc(C3CCNCC3)n2C)c1F. The fraction of sp³-hybridized carbons (Fsp3) is 0.500. The topological polar surface area (TPSA) is 42.7 Å². The summed E-state index contributed by atoms with van der Waals surface area (Å²) in [6.45, 7) is 3.61. The largest absolute Gasteiger partial charge is 0.317 e. The van der Waals surface area contributed by atoms with Crippen molar-refractivity contribution in [3.05, 3.63) is 40.7 Å². The fourth-order valence-corrected chi connectivity index (χ4v) is 3.80. The number of benzene rings is 1. The van der Waals surface area contributed by atoms with Crippen LogP contribution in [0.3, 0.4) is 0 Å². The molecule has 1 fully saturated rings. The van der Waals surface area contributed by atoms with Crippen molar-refractivity contribution in [2.24, 2.45) is 7.05 Å². The molecule has 124 valence electrons. The Hall–Kier alpha value is -1.47. The van der Waals surface area contributed by atoms with Gasteiger partial charge in [-0.2, -0.15) is 0 Å². The standard InChI is InChI=1S/C16H20F2N4S/c1-10-3-4-13(17)12(14(10)18)9-23-16-21-20-15(22(16)2)11-5-7-19-8-6-11/h3-4,11,19H,5-9H2,1-2H3. The number of hydrogen-bond donors (Lipinski definition) is 1. The maximum Gasteiger partial charge on any atom is 0.191 e. The van der Waals surface area contributed by atoms with Crippen LogP contribution in [0.2, 0.25) is 0 Å². The molecular weight excluding hydrogens is 318 g/mol. The molecule has 1 saturated heterocycles. The minimum absolute atomic E-state index is 0.0985. The van der Waals surface area contributed by atoms with Crippen molar-refractivity contribution in [2.45, 2.75) is 36.6 Å². The Bertz CT molecular complexity index is 696. The number of aryl methyl sites for hydroxylation is 1. The first-order valence-electron chi connectivity index (χ1n) is 7.74. The summed E-state index contributed by atoms with van der Waals surface area (Å²) < 4.78 is 29.8. The molecule has 0 amide bonds. The van der Waals surface area contributed by atoms with Crippen molar-refractivity contribution in [1.82, 2.24) is 20.1 Å². The molecule has 1 aromatic carbocycles. The summed E-state index contributed by atoms with van der Waals surface area (Å²) in [4.78, 5) is 0. The van der Waals surface area contributed by atoms with Crippen LogP contribution in [0, 0.1) is 18.6 Å². The summed E-state index contributed by atoms with van der Waals surface area (Å²) in [5.41, 5.74) is 0.553. The number of nitrogens with zero attached hydrogens (tertiary/aromatic N) is 3. The van der Waals surface area contributed by atoms with Gasteiger partial charge in [0, 0.05) is 24.3 Å². The van der Waals surface area contributed by atoms with E-state index in [4.69, 9.17) is 0 Å². The quantitative estimate of drug-likeness (QED) is 0.870. The van der Waals surface area contributed by atoms with Crippen molar-refractivity contribution in [1.29, 1.82) is 0 Å². The molecule has 0 atom stereocenters. The predicted molar refractivity (Wildman–Crippen MR) is 86.5 cm³/mol. The van der Waals surface area contributed by atoms with E-state index in [1.807, 2.05) is 11.6 Å². The number of piperidine rings is 1. The van der Waals surface area contributed by atoms with Gasteiger partial charge in [0.2, 0.25) is 0 Å². The van der Waals surface area contributed by atoms with E-state index >= 15 is 0 Å². The molecule has 7 heteroatoms. The first-order chi connectivity index (χ1) is 11.1. The number of halogens is 2. The van der Waals surface area contributed by atoms with Crippen molar-refractivity contribution < 1.29 is 8.78 Å². The fourth-order valence-electron chi connectivity index (χ4n) is 2.87. The van der Waals surface area contributed by atoms with E-state index in [1.165, 1.54) is 23.9 Å². The Morgan fingerprint density at radius 1 is 1.26 bits per heavy atom. The predicted octanol–water partition coefficient (Wildman–Crippen LogP) is 3.16. The maximum atomic E-state index is 14.1. The van der Waals surface area contributed by atoms with Crippen molar-refractivity contribution in [3.8, 4) is 0 Å². The van der Waals surface area contributed by atoms with E-state index in [0.717, 1.165) is 31.8 Å². The van der Waals surface area contributed by atoms with Crippen LogP contribution in [-0.2, 0) is 12.8 Å². The van der Waals surface area contributed by atoms with Crippen LogP contribution < -0.4 is 5.32 Å². The van der Waals surface area contributed by atoms with Crippen LogP contribution in [-0.4, -0.2) is 27.9 Å². The molecule has 1 aliphatic heterocycles. The third-order valence-electron chi connectivity index (χ3n) is 4.30. The lowest BCUT2D eigenvalue weighted by Gasteiger charge is -2.21. The molecule has 0 radical (unpaired) electrons. The molecule has 3 rings (SSSR count). The molecule has 2 aromatic rings. The van der Waals surface area contributed by atoms with E-state index in [2.05, 4.69) is 15.5 Å². The van der Waals surface area contributed by atoms with Gasteiger partial charge in [-0.1, -0.05) is 17.8 Å². The highest BCUT2D eigenvalue weighted by atomic mass is 32.2. The van der Waals surface area contributed by atoms with E-state index in [9.17, 15) is 8.78 Å². The third-order valence-corrected chi connectivity index (χ3v) is 5.34. The molecule has 0 bridgehead atoms.